The third-order valence-electron chi connectivity index (χ3n) is 12.7. The van der Waals surface area contributed by atoms with Gasteiger partial charge in [0.1, 0.15) is 42.5 Å². The second-order valence-corrected chi connectivity index (χ2v) is 19.8. The summed E-state index contributed by atoms with van der Waals surface area (Å²) >= 11 is 6.51. The average Bonchev–Trinajstić information content (AvgIpc) is 3.37. The second kappa shape index (κ2) is 28.1. The van der Waals surface area contributed by atoms with Crippen LogP contribution in [0.2, 0.25) is 5.02 Å². The van der Waals surface area contributed by atoms with Crippen molar-refractivity contribution in [3.63, 3.8) is 0 Å². The molecule has 2 aliphatic heterocycles. The number of ether oxygens (including phenoxy) is 4. The maximum atomic E-state index is 14.9. The first kappa shape index (κ1) is 55.9. The van der Waals surface area contributed by atoms with Crippen LogP contribution in [0.4, 0.5) is 24.5 Å². The van der Waals surface area contributed by atoms with Gasteiger partial charge < -0.3 is 50.0 Å². The number of halogens is 2. The summed E-state index contributed by atoms with van der Waals surface area (Å²) in [5.41, 5.74) is 2.76. The van der Waals surface area contributed by atoms with E-state index in [1.807, 2.05) is 73.7 Å². The molecule has 2 atom stereocenters. The highest BCUT2D eigenvalue weighted by molar-refractivity contribution is 6.30. The Morgan fingerprint density at radius 3 is 2.05 bits per heavy atom. The number of piperidine rings is 1. The number of carbonyl (C=O) groups excluding carboxylic acids is 5. The molecule has 0 aliphatic carbocycles. The van der Waals surface area contributed by atoms with Gasteiger partial charge in [-0.2, -0.15) is 0 Å². The van der Waals surface area contributed by atoms with E-state index in [4.69, 9.17) is 30.5 Å². The number of unbranched alkanes of at least 4 members (excludes halogenated alkanes) is 1. The van der Waals surface area contributed by atoms with E-state index in [-0.39, 0.29) is 37.3 Å². The number of likely N-dealkylation sites (tertiary alicyclic amines) is 1. The molecule has 2 saturated heterocycles. The van der Waals surface area contributed by atoms with E-state index in [9.17, 15) is 28.4 Å². The van der Waals surface area contributed by atoms with Crippen LogP contribution in [0.25, 0.3) is 0 Å². The van der Waals surface area contributed by atoms with Crippen LogP contribution in [0, 0.1) is 11.7 Å². The van der Waals surface area contributed by atoms with E-state index in [0.29, 0.717) is 120 Å². The zero-order chi connectivity index (χ0) is 52.2. The van der Waals surface area contributed by atoms with Crippen LogP contribution in [0.15, 0.2) is 97.1 Å². The van der Waals surface area contributed by atoms with E-state index in [0.717, 1.165) is 16.7 Å². The molecule has 0 radical (unpaired) electrons. The molecule has 0 aromatic heterocycles. The first-order valence-corrected chi connectivity index (χ1v) is 25.7. The molecule has 5 amide bonds. The molecular formula is C55H71ClFN7O9. The summed E-state index contributed by atoms with van der Waals surface area (Å²) in [4.78, 5) is 73.1. The quantitative estimate of drug-likeness (QED) is 0.0437. The minimum Gasteiger partial charge on any atom is -0.493 e. The Kier molecular flexibility index (Phi) is 21.5. The zero-order valence-electron chi connectivity index (χ0n) is 42.5. The Hall–Kier alpha value is -6.43. The largest absolute Gasteiger partial charge is 0.493 e. The van der Waals surface area contributed by atoms with E-state index in [2.05, 4.69) is 31.1 Å². The fourth-order valence-corrected chi connectivity index (χ4v) is 9.05. The van der Waals surface area contributed by atoms with Crippen molar-refractivity contribution in [1.82, 2.24) is 30.7 Å². The van der Waals surface area contributed by atoms with Crippen LogP contribution >= 0.6 is 11.6 Å². The Balaban J connectivity index is 1.03. The summed E-state index contributed by atoms with van der Waals surface area (Å²) in [6, 6.07) is 27.0. The van der Waals surface area contributed by atoms with Gasteiger partial charge in [0.15, 0.2) is 0 Å². The third-order valence-corrected chi connectivity index (χ3v) is 13.0. The monoisotopic (exact) mass is 1030 g/mol. The van der Waals surface area contributed by atoms with Gasteiger partial charge in [-0.3, -0.25) is 14.5 Å². The minimum absolute atomic E-state index is 0.0601. The van der Waals surface area contributed by atoms with Crippen LogP contribution in [0.3, 0.4) is 0 Å². The van der Waals surface area contributed by atoms with E-state index < -0.39 is 41.9 Å². The lowest BCUT2D eigenvalue weighted by molar-refractivity contribution is -0.137. The van der Waals surface area contributed by atoms with Crippen molar-refractivity contribution in [1.29, 1.82) is 0 Å². The molecule has 0 spiro atoms. The van der Waals surface area contributed by atoms with Crippen LogP contribution in [0.5, 0.6) is 5.75 Å². The maximum absolute atomic E-state index is 14.9. The Labute approximate surface area is 433 Å². The average molecular weight is 1030 g/mol. The number of rotatable bonds is 22. The molecule has 4 aromatic carbocycles. The molecule has 6 rings (SSSR count). The molecule has 0 saturated carbocycles. The van der Waals surface area contributed by atoms with Gasteiger partial charge >= 0.3 is 18.3 Å². The van der Waals surface area contributed by atoms with Gasteiger partial charge in [-0.15, -0.1) is 0 Å². The SMILES string of the molecule is CCOc1cccc(F)c1CN1CCN(C(=O)[C@H](NC(=O)OCc2ccccc2)C2CCN(CCc3cc(Cl)ccc3NC(=O)[C@H](CCCCNC(=O)OCc3ccccc3)NC(=O)OC(C)(C)C)CC2)CC1. The van der Waals surface area contributed by atoms with Crippen molar-refractivity contribution in [3.05, 3.63) is 130 Å². The molecule has 16 nitrogen and oxygen atoms in total. The number of piperazine rings is 1. The molecule has 18 heteroatoms. The summed E-state index contributed by atoms with van der Waals surface area (Å²) in [7, 11) is 0. The molecule has 0 bridgehead atoms. The van der Waals surface area contributed by atoms with Gasteiger partial charge in [0.2, 0.25) is 11.8 Å². The number of amides is 5. The van der Waals surface area contributed by atoms with Crippen LogP contribution < -0.4 is 26.0 Å². The number of hydrogen-bond donors (Lipinski definition) is 4. The second-order valence-electron chi connectivity index (χ2n) is 19.3. The van der Waals surface area contributed by atoms with E-state index in [1.165, 1.54) is 6.07 Å². The molecule has 2 fully saturated rings. The van der Waals surface area contributed by atoms with Crippen molar-refractivity contribution in [2.45, 2.75) is 104 Å². The lowest BCUT2D eigenvalue weighted by atomic mass is 9.88. The predicted molar refractivity (Wildman–Crippen MR) is 278 cm³/mol. The summed E-state index contributed by atoms with van der Waals surface area (Å²) in [6.45, 7) is 12.2. The number of anilines is 1. The number of carbonyl (C=O) groups is 5. The zero-order valence-corrected chi connectivity index (χ0v) is 43.2. The van der Waals surface area contributed by atoms with Crippen molar-refractivity contribution < 1.29 is 47.3 Å². The molecular weight excluding hydrogens is 957 g/mol. The Morgan fingerprint density at radius 2 is 1.41 bits per heavy atom. The number of hydrogen-bond acceptors (Lipinski definition) is 11. The number of nitrogens with zero attached hydrogens (tertiary/aromatic N) is 3. The Morgan fingerprint density at radius 1 is 0.753 bits per heavy atom. The third kappa shape index (κ3) is 18.5. The molecule has 2 heterocycles. The molecule has 394 valence electrons. The van der Waals surface area contributed by atoms with Gasteiger partial charge in [0.05, 0.1) is 6.61 Å². The molecule has 2 aliphatic rings. The standard InChI is InChI=1S/C55H71ClFN7O9/c1-5-70-48-21-14-19-45(57)44(48)36-63-31-33-64(34-32-63)51(66)49(61-53(68)72-38-40-17-10-7-11-18-40)41-24-28-62(29-25-41)30-26-42-35-43(56)22-23-46(42)59-50(65)47(60-54(69)73-55(2,3)4)20-12-13-27-58-52(67)71-37-39-15-8-6-9-16-39/h6-11,14-19,21-23,35,41,47,49H,5,12-13,20,24-34,36-38H2,1-4H3,(H,58,67)(H,59,65)(H,60,69)(H,61,68)/t47-,49+/m0/s1. The highest BCUT2D eigenvalue weighted by atomic mass is 35.5. The summed E-state index contributed by atoms with van der Waals surface area (Å²) in [6.07, 6.45) is 1.15. The van der Waals surface area contributed by atoms with Crippen molar-refractivity contribution in [2.75, 3.05) is 64.3 Å². The smallest absolute Gasteiger partial charge is 0.408 e. The first-order valence-electron chi connectivity index (χ1n) is 25.3. The topological polar surface area (TPSA) is 180 Å². The van der Waals surface area contributed by atoms with Crippen LogP contribution in [-0.2, 0) is 50.0 Å². The summed E-state index contributed by atoms with van der Waals surface area (Å²) < 4.78 is 37.0. The molecule has 4 aromatic rings. The summed E-state index contributed by atoms with van der Waals surface area (Å²) in [5.74, 6) is -0.596. The minimum atomic E-state index is -0.945. The van der Waals surface area contributed by atoms with E-state index in [1.54, 1.807) is 49.9 Å². The fraction of sp³-hybridized carbons (Fsp3) is 0.473. The lowest BCUT2D eigenvalue weighted by Crippen LogP contribution is -2.58. The van der Waals surface area contributed by atoms with Crippen LogP contribution in [-0.4, -0.2) is 121 Å². The van der Waals surface area contributed by atoms with Gasteiger partial charge in [0, 0.05) is 62.1 Å². The highest BCUT2D eigenvalue weighted by Gasteiger charge is 2.37. The molecule has 4 N–H and O–H groups in total. The van der Waals surface area contributed by atoms with Crippen molar-refractivity contribution in [2.24, 2.45) is 5.92 Å². The molecule has 73 heavy (non-hydrogen) atoms. The van der Waals surface area contributed by atoms with Crippen molar-refractivity contribution in [3.8, 4) is 5.75 Å². The fourth-order valence-electron chi connectivity index (χ4n) is 8.86. The normalized spacial score (nSPS) is 15.3. The van der Waals surface area contributed by atoms with Gasteiger partial charge in [0.25, 0.3) is 0 Å². The van der Waals surface area contributed by atoms with Crippen molar-refractivity contribution >= 4 is 47.4 Å². The van der Waals surface area contributed by atoms with E-state index >= 15 is 0 Å². The van der Waals surface area contributed by atoms with Gasteiger partial charge in [-0.05, 0) is 132 Å². The maximum Gasteiger partial charge on any atom is 0.408 e. The number of alkyl carbamates (subject to hydrolysis) is 3. The number of benzene rings is 4. The van der Waals surface area contributed by atoms with Gasteiger partial charge in [-0.25, -0.2) is 18.8 Å². The molecule has 0 unspecified atom stereocenters. The highest BCUT2D eigenvalue weighted by Crippen LogP contribution is 2.28. The van der Waals surface area contributed by atoms with Gasteiger partial charge in [-0.1, -0.05) is 78.3 Å². The number of nitrogens with one attached hydrogen (secondary N) is 4. The lowest BCUT2D eigenvalue weighted by Gasteiger charge is -2.40. The summed E-state index contributed by atoms with van der Waals surface area (Å²) in [5, 5.41) is 11.9. The predicted octanol–water partition coefficient (Wildman–Crippen LogP) is 8.70. The van der Waals surface area contributed by atoms with Crippen LogP contribution in [0.1, 0.15) is 82.1 Å². The Bertz CT molecular complexity index is 2410. The first-order chi connectivity index (χ1) is 35.1.